The molecule has 0 aromatic heterocycles. The second-order valence-corrected chi connectivity index (χ2v) is 3.02. The van der Waals surface area contributed by atoms with Crippen molar-refractivity contribution in [2.45, 2.75) is 13.8 Å². The highest BCUT2D eigenvalue weighted by Gasteiger charge is 2.25. The van der Waals surface area contributed by atoms with E-state index in [2.05, 4.69) is 0 Å². The summed E-state index contributed by atoms with van der Waals surface area (Å²) >= 11 is 0. The molecule has 0 fully saturated rings. The Balaban J connectivity index is 2.95. The maximum Gasteiger partial charge on any atom is 0.260 e. The van der Waals surface area contributed by atoms with Crippen LogP contribution in [0.2, 0.25) is 0 Å². The van der Waals surface area contributed by atoms with E-state index < -0.39 is 0 Å². The summed E-state index contributed by atoms with van der Waals surface area (Å²) in [4.78, 5) is 23.3. The largest absolute Gasteiger partial charge is 0.278 e. The fourth-order valence-corrected chi connectivity index (χ4v) is 1.000. The molecule has 0 unspecified atom stereocenters. The first kappa shape index (κ1) is 8.71. The van der Waals surface area contributed by atoms with Crippen molar-refractivity contribution in [3.8, 4) is 0 Å². The van der Waals surface area contributed by atoms with E-state index in [1.54, 1.807) is 6.08 Å². The van der Waals surface area contributed by atoms with Gasteiger partial charge in [0.2, 0.25) is 0 Å². The summed E-state index contributed by atoms with van der Waals surface area (Å²) in [6, 6.07) is 0. The number of carbonyl (C=O) groups excluding carboxylic acids is 2. The van der Waals surface area contributed by atoms with E-state index in [4.69, 9.17) is 0 Å². The zero-order valence-electron chi connectivity index (χ0n) is 7.42. The van der Waals surface area contributed by atoms with Gasteiger partial charge in [0.1, 0.15) is 0 Å². The van der Waals surface area contributed by atoms with Crippen molar-refractivity contribution in [3.05, 3.63) is 23.3 Å². The summed E-state index contributed by atoms with van der Waals surface area (Å²) in [7, 11) is 1.48. The second-order valence-electron chi connectivity index (χ2n) is 3.02. The normalized spacial score (nSPS) is 16.6. The molecule has 1 rings (SSSR count). The molecule has 0 aromatic rings. The van der Waals surface area contributed by atoms with Gasteiger partial charge in [-0.05, 0) is 13.8 Å². The van der Waals surface area contributed by atoms with E-state index in [0.29, 0.717) is 5.57 Å². The molecule has 0 aromatic carbocycles. The first-order valence-corrected chi connectivity index (χ1v) is 3.71. The summed E-state index contributed by atoms with van der Waals surface area (Å²) < 4.78 is 0. The topological polar surface area (TPSA) is 37.4 Å². The van der Waals surface area contributed by atoms with Gasteiger partial charge in [-0.3, -0.25) is 14.5 Å². The molecule has 2 amide bonds. The van der Waals surface area contributed by atoms with Gasteiger partial charge < -0.3 is 0 Å². The predicted octanol–water partition coefficient (Wildman–Crippen LogP) is 0.878. The molecule has 12 heavy (non-hydrogen) atoms. The lowest BCUT2D eigenvalue weighted by molar-refractivity contribution is -0.135. The van der Waals surface area contributed by atoms with E-state index in [0.717, 1.165) is 10.5 Å². The van der Waals surface area contributed by atoms with E-state index in [1.807, 2.05) is 13.8 Å². The van der Waals surface area contributed by atoms with E-state index in [9.17, 15) is 9.59 Å². The molecule has 3 nitrogen and oxygen atoms in total. The molecular weight excluding hydrogens is 154 g/mol. The zero-order valence-corrected chi connectivity index (χ0v) is 7.42. The smallest absolute Gasteiger partial charge is 0.260 e. The van der Waals surface area contributed by atoms with Crippen LogP contribution in [-0.2, 0) is 9.59 Å². The molecule has 0 aliphatic carbocycles. The minimum atomic E-state index is -0.243. The van der Waals surface area contributed by atoms with Crippen LogP contribution in [0.4, 0.5) is 0 Å². The van der Waals surface area contributed by atoms with Crippen LogP contribution in [0.5, 0.6) is 0 Å². The summed E-state index contributed by atoms with van der Waals surface area (Å²) in [5.41, 5.74) is 1.49. The standard InChI is InChI=1S/C9H11NO2/c1-6(2)4-7-5-8(11)10(3)9(7)12/h4-5H,1-3H3. The summed E-state index contributed by atoms with van der Waals surface area (Å²) in [5.74, 6) is -0.464. The number of allylic oxidation sites excluding steroid dienone is 1. The summed E-state index contributed by atoms with van der Waals surface area (Å²) in [6.07, 6.45) is 3.07. The molecule has 1 heterocycles. The van der Waals surface area contributed by atoms with Gasteiger partial charge in [-0.1, -0.05) is 11.6 Å². The maximum absolute atomic E-state index is 11.2. The Morgan fingerprint density at radius 1 is 1.42 bits per heavy atom. The SMILES string of the molecule is CC(C)=CC1=CC(=O)N(C)C1=O. The van der Waals surface area contributed by atoms with Crippen molar-refractivity contribution in [2.75, 3.05) is 7.05 Å². The minimum Gasteiger partial charge on any atom is -0.278 e. The molecule has 0 bridgehead atoms. The predicted molar refractivity (Wildman–Crippen MR) is 45.3 cm³/mol. The number of imide groups is 1. The maximum atomic E-state index is 11.2. The van der Waals surface area contributed by atoms with Gasteiger partial charge in [0.05, 0.1) is 0 Å². The minimum absolute atomic E-state index is 0.221. The molecule has 0 spiro atoms. The van der Waals surface area contributed by atoms with Gasteiger partial charge in [-0.15, -0.1) is 0 Å². The fraction of sp³-hybridized carbons (Fsp3) is 0.333. The van der Waals surface area contributed by atoms with Gasteiger partial charge in [0, 0.05) is 18.7 Å². The summed E-state index contributed by atoms with van der Waals surface area (Å²) in [5, 5.41) is 0. The highest BCUT2D eigenvalue weighted by atomic mass is 16.2. The van der Waals surface area contributed by atoms with E-state index >= 15 is 0 Å². The van der Waals surface area contributed by atoms with Crippen molar-refractivity contribution in [1.82, 2.24) is 4.90 Å². The van der Waals surface area contributed by atoms with Gasteiger partial charge in [0.25, 0.3) is 11.8 Å². The van der Waals surface area contributed by atoms with Crippen LogP contribution >= 0.6 is 0 Å². The third-order valence-electron chi connectivity index (χ3n) is 1.61. The fourth-order valence-electron chi connectivity index (χ4n) is 1.000. The number of carbonyl (C=O) groups is 2. The molecule has 0 atom stereocenters. The third-order valence-corrected chi connectivity index (χ3v) is 1.61. The Morgan fingerprint density at radius 3 is 2.33 bits per heavy atom. The number of nitrogens with zero attached hydrogens (tertiary/aromatic N) is 1. The monoisotopic (exact) mass is 165 g/mol. The quantitative estimate of drug-likeness (QED) is 0.541. The van der Waals surface area contributed by atoms with Crippen LogP contribution in [0, 0.1) is 0 Å². The van der Waals surface area contributed by atoms with Crippen LogP contribution in [0.3, 0.4) is 0 Å². The molecule has 0 saturated heterocycles. The van der Waals surface area contributed by atoms with Crippen LogP contribution < -0.4 is 0 Å². The average molecular weight is 165 g/mol. The van der Waals surface area contributed by atoms with Crippen LogP contribution in [-0.4, -0.2) is 23.8 Å². The van der Waals surface area contributed by atoms with Crippen LogP contribution in [0.1, 0.15) is 13.8 Å². The lowest BCUT2D eigenvalue weighted by Crippen LogP contribution is -2.25. The second kappa shape index (κ2) is 2.93. The number of hydrogen-bond acceptors (Lipinski definition) is 2. The Labute approximate surface area is 71.4 Å². The molecule has 0 N–H and O–H groups in total. The lowest BCUT2D eigenvalue weighted by Gasteiger charge is -2.04. The molecular formula is C9H11NO2. The molecule has 1 aliphatic heterocycles. The Bertz CT molecular complexity index is 296. The molecule has 0 radical (unpaired) electrons. The number of hydrogen-bond donors (Lipinski definition) is 0. The van der Waals surface area contributed by atoms with Gasteiger partial charge in [0.15, 0.2) is 0 Å². The average Bonchev–Trinajstić information content (AvgIpc) is 2.17. The molecule has 64 valence electrons. The highest BCUT2D eigenvalue weighted by molar-refractivity contribution is 6.17. The van der Waals surface area contributed by atoms with Crippen molar-refractivity contribution in [1.29, 1.82) is 0 Å². The van der Waals surface area contributed by atoms with Crippen LogP contribution in [0.25, 0.3) is 0 Å². The highest BCUT2D eigenvalue weighted by Crippen LogP contribution is 2.13. The Kier molecular flexibility index (Phi) is 2.13. The first-order valence-electron chi connectivity index (χ1n) is 3.71. The van der Waals surface area contributed by atoms with Crippen molar-refractivity contribution in [2.24, 2.45) is 0 Å². The summed E-state index contributed by atoms with van der Waals surface area (Å²) in [6.45, 7) is 3.77. The molecule has 0 saturated carbocycles. The first-order chi connectivity index (χ1) is 5.52. The van der Waals surface area contributed by atoms with Gasteiger partial charge >= 0.3 is 0 Å². The molecule has 1 aliphatic rings. The van der Waals surface area contributed by atoms with E-state index in [-0.39, 0.29) is 11.8 Å². The van der Waals surface area contributed by atoms with Gasteiger partial charge in [-0.25, -0.2) is 0 Å². The number of likely N-dealkylation sites (N-methyl/N-ethyl adjacent to an activating group) is 1. The van der Waals surface area contributed by atoms with E-state index in [1.165, 1.54) is 13.1 Å². The zero-order chi connectivity index (χ0) is 9.30. The number of rotatable bonds is 1. The van der Waals surface area contributed by atoms with Gasteiger partial charge in [-0.2, -0.15) is 0 Å². The number of amides is 2. The van der Waals surface area contributed by atoms with Crippen LogP contribution in [0.15, 0.2) is 23.3 Å². The lowest BCUT2D eigenvalue weighted by atomic mass is 10.2. The third kappa shape index (κ3) is 1.44. The van der Waals surface area contributed by atoms with Crippen molar-refractivity contribution in [3.63, 3.8) is 0 Å². The van der Waals surface area contributed by atoms with Crippen molar-refractivity contribution >= 4 is 11.8 Å². The Morgan fingerprint density at radius 2 is 2.00 bits per heavy atom. The van der Waals surface area contributed by atoms with Crippen molar-refractivity contribution < 1.29 is 9.59 Å². The molecule has 3 heteroatoms. The Hall–Kier alpha value is -1.38.